The van der Waals surface area contributed by atoms with Crippen LogP contribution in [0, 0.1) is 23.7 Å². The van der Waals surface area contributed by atoms with Crippen molar-refractivity contribution < 1.29 is 24.3 Å². The molecule has 2 bridgehead atoms. The number of carbonyl (C=O) groups excluding carboxylic acids is 3. The second-order valence-electron chi connectivity index (χ2n) is 5.85. The summed E-state index contributed by atoms with van der Waals surface area (Å²) in [4.78, 5) is 46.5. The predicted molar refractivity (Wildman–Crippen MR) is 69.7 cm³/mol. The molecule has 0 aromatic rings. The van der Waals surface area contributed by atoms with Crippen LogP contribution in [-0.2, 0) is 19.2 Å². The number of carboxylic acids is 1. The zero-order chi connectivity index (χ0) is 15.1. The van der Waals surface area contributed by atoms with Crippen molar-refractivity contribution in [3.8, 4) is 0 Å². The summed E-state index contributed by atoms with van der Waals surface area (Å²) < 4.78 is 0. The highest BCUT2D eigenvalue weighted by atomic mass is 16.4. The van der Waals surface area contributed by atoms with Gasteiger partial charge in [-0.15, -0.1) is 0 Å². The van der Waals surface area contributed by atoms with Gasteiger partial charge in [-0.05, 0) is 24.7 Å². The van der Waals surface area contributed by atoms with Gasteiger partial charge in [-0.3, -0.25) is 24.5 Å². The third-order valence-corrected chi connectivity index (χ3v) is 4.60. The minimum absolute atomic E-state index is 0.0793. The summed E-state index contributed by atoms with van der Waals surface area (Å²) in [5.41, 5.74) is 0. The third kappa shape index (κ3) is 2.32. The van der Waals surface area contributed by atoms with Crippen LogP contribution in [-0.4, -0.2) is 34.8 Å². The van der Waals surface area contributed by atoms with E-state index in [2.05, 4.69) is 10.6 Å². The Bertz CT molecular complexity index is 556. The van der Waals surface area contributed by atoms with Crippen LogP contribution in [0.2, 0.25) is 0 Å². The Kier molecular flexibility index (Phi) is 3.27. The van der Waals surface area contributed by atoms with Crippen LogP contribution in [0.3, 0.4) is 0 Å². The number of hydrogen-bond acceptors (Lipinski definition) is 4. The number of imide groups is 1. The average Bonchev–Trinajstić information content (AvgIpc) is 3.02. The van der Waals surface area contributed by atoms with E-state index < -0.39 is 35.7 Å². The quantitative estimate of drug-likeness (QED) is 0.476. The Morgan fingerprint density at radius 2 is 1.86 bits per heavy atom. The minimum atomic E-state index is -0.977. The Labute approximate surface area is 120 Å². The van der Waals surface area contributed by atoms with Crippen LogP contribution in [0.5, 0.6) is 0 Å². The van der Waals surface area contributed by atoms with Gasteiger partial charge in [-0.2, -0.15) is 0 Å². The lowest BCUT2D eigenvalue weighted by atomic mass is 9.82. The Balaban J connectivity index is 1.70. The highest BCUT2D eigenvalue weighted by Crippen LogP contribution is 2.48. The molecule has 2 fully saturated rings. The van der Waals surface area contributed by atoms with Crippen LogP contribution in [0.4, 0.5) is 0 Å². The first-order valence-electron chi connectivity index (χ1n) is 7.02. The monoisotopic (exact) mass is 292 g/mol. The van der Waals surface area contributed by atoms with Gasteiger partial charge in [-0.1, -0.05) is 12.2 Å². The number of hydrogen-bond donors (Lipinski definition) is 3. The molecule has 1 saturated heterocycles. The highest BCUT2D eigenvalue weighted by Gasteiger charge is 2.52. The molecule has 21 heavy (non-hydrogen) atoms. The van der Waals surface area contributed by atoms with Crippen molar-refractivity contribution in [2.75, 3.05) is 0 Å². The van der Waals surface area contributed by atoms with Crippen molar-refractivity contribution >= 4 is 23.7 Å². The summed E-state index contributed by atoms with van der Waals surface area (Å²) in [7, 11) is 0. The fourth-order valence-corrected chi connectivity index (χ4v) is 3.62. The molecule has 1 saturated carbocycles. The maximum absolute atomic E-state index is 12.4. The molecule has 0 aromatic carbocycles. The largest absolute Gasteiger partial charge is 0.481 e. The second-order valence-corrected chi connectivity index (χ2v) is 5.85. The normalized spacial score (nSPS) is 37.4. The van der Waals surface area contributed by atoms with Gasteiger partial charge in [0.05, 0.1) is 11.8 Å². The lowest BCUT2D eigenvalue weighted by Gasteiger charge is -2.27. The van der Waals surface area contributed by atoms with Gasteiger partial charge < -0.3 is 10.4 Å². The van der Waals surface area contributed by atoms with Crippen LogP contribution in [0.1, 0.15) is 19.3 Å². The molecule has 0 aromatic heterocycles. The fraction of sp³-hybridized carbons (Fsp3) is 0.571. The fourth-order valence-electron chi connectivity index (χ4n) is 3.62. The van der Waals surface area contributed by atoms with Gasteiger partial charge in [0.1, 0.15) is 6.04 Å². The minimum Gasteiger partial charge on any atom is -0.481 e. The van der Waals surface area contributed by atoms with E-state index in [9.17, 15) is 24.3 Å². The first-order valence-corrected chi connectivity index (χ1v) is 7.02. The number of piperidine rings is 1. The Morgan fingerprint density at radius 3 is 2.48 bits per heavy atom. The van der Waals surface area contributed by atoms with Crippen molar-refractivity contribution in [2.24, 2.45) is 23.7 Å². The lowest BCUT2D eigenvalue weighted by Crippen LogP contribution is -2.54. The summed E-state index contributed by atoms with van der Waals surface area (Å²) in [6.45, 7) is 0. The number of carbonyl (C=O) groups is 4. The smallest absolute Gasteiger partial charge is 0.307 e. The lowest BCUT2D eigenvalue weighted by molar-refractivity contribution is -0.148. The van der Waals surface area contributed by atoms with Crippen LogP contribution < -0.4 is 10.6 Å². The van der Waals surface area contributed by atoms with E-state index in [1.807, 2.05) is 12.2 Å². The van der Waals surface area contributed by atoms with Gasteiger partial charge in [-0.25, -0.2) is 0 Å². The molecular formula is C14H16N2O5. The second kappa shape index (κ2) is 4.98. The van der Waals surface area contributed by atoms with E-state index in [-0.39, 0.29) is 30.6 Å². The van der Waals surface area contributed by atoms with E-state index in [1.165, 1.54) is 0 Å². The zero-order valence-corrected chi connectivity index (χ0v) is 11.2. The van der Waals surface area contributed by atoms with Gasteiger partial charge in [0.25, 0.3) is 0 Å². The van der Waals surface area contributed by atoms with Crippen molar-refractivity contribution in [3.05, 3.63) is 12.2 Å². The van der Waals surface area contributed by atoms with Crippen LogP contribution >= 0.6 is 0 Å². The molecule has 7 nitrogen and oxygen atoms in total. The van der Waals surface area contributed by atoms with Crippen molar-refractivity contribution in [2.45, 2.75) is 25.3 Å². The number of nitrogens with one attached hydrogen (secondary N) is 2. The summed E-state index contributed by atoms with van der Waals surface area (Å²) >= 11 is 0. The standard InChI is InChI=1S/C14H16N2O5/c17-9-4-3-8(12(18)16-9)15-13(19)10-6-1-2-7(5-6)11(10)14(20)21/h1-2,6-8,10-11H,3-5H2,(H,15,19)(H,20,21)(H,16,17,18). The SMILES string of the molecule is O=C1CCC(NC(=O)C2C3C=CC(C3)C2C(=O)O)C(=O)N1. The summed E-state index contributed by atoms with van der Waals surface area (Å²) in [5.74, 6) is -3.81. The Morgan fingerprint density at radius 1 is 1.19 bits per heavy atom. The first kappa shape index (κ1) is 13.8. The summed E-state index contributed by atoms with van der Waals surface area (Å²) in [6, 6.07) is -0.757. The molecule has 3 N–H and O–H groups in total. The zero-order valence-electron chi connectivity index (χ0n) is 11.2. The molecule has 3 rings (SSSR count). The topological polar surface area (TPSA) is 113 Å². The first-order chi connectivity index (χ1) is 9.97. The summed E-state index contributed by atoms with van der Waals surface area (Å²) in [6.07, 6.45) is 4.85. The molecule has 3 aliphatic rings. The van der Waals surface area contributed by atoms with Gasteiger partial charge in [0.15, 0.2) is 0 Å². The molecule has 5 unspecified atom stereocenters. The maximum Gasteiger partial charge on any atom is 0.307 e. The number of carboxylic acid groups (broad SMARTS) is 1. The Hall–Kier alpha value is -2.18. The van der Waals surface area contributed by atoms with Crippen LogP contribution in [0.15, 0.2) is 12.2 Å². The number of rotatable bonds is 3. The molecular weight excluding hydrogens is 276 g/mol. The van der Waals surface area contributed by atoms with E-state index >= 15 is 0 Å². The predicted octanol–water partition coefficient (Wildman–Crippen LogP) is -0.569. The number of fused-ring (bicyclic) bond motifs is 2. The molecule has 3 amide bonds. The molecule has 2 aliphatic carbocycles. The molecule has 112 valence electrons. The molecule has 5 atom stereocenters. The summed E-state index contributed by atoms with van der Waals surface area (Å²) in [5, 5.41) is 14.1. The molecule has 1 aliphatic heterocycles. The number of amides is 3. The van der Waals surface area contributed by atoms with E-state index in [0.29, 0.717) is 6.42 Å². The third-order valence-electron chi connectivity index (χ3n) is 4.60. The number of allylic oxidation sites excluding steroid dienone is 2. The van der Waals surface area contributed by atoms with Crippen molar-refractivity contribution in [1.29, 1.82) is 0 Å². The van der Waals surface area contributed by atoms with Gasteiger partial charge in [0, 0.05) is 6.42 Å². The van der Waals surface area contributed by atoms with E-state index in [4.69, 9.17) is 0 Å². The van der Waals surface area contributed by atoms with Crippen molar-refractivity contribution in [3.63, 3.8) is 0 Å². The highest BCUT2D eigenvalue weighted by molar-refractivity contribution is 6.02. The molecule has 0 spiro atoms. The molecule has 0 radical (unpaired) electrons. The van der Waals surface area contributed by atoms with Gasteiger partial charge in [0.2, 0.25) is 17.7 Å². The van der Waals surface area contributed by atoms with Gasteiger partial charge >= 0.3 is 5.97 Å². The number of aliphatic carboxylic acids is 1. The van der Waals surface area contributed by atoms with Crippen LogP contribution in [0.25, 0.3) is 0 Å². The van der Waals surface area contributed by atoms with E-state index in [0.717, 1.165) is 0 Å². The molecule has 7 heteroatoms. The molecule has 1 heterocycles. The van der Waals surface area contributed by atoms with Crippen molar-refractivity contribution in [1.82, 2.24) is 10.6 Å². The van der Waals surface area contributed by atoms with E-state index in [1.54, 1.807) is 0 Å². The maximum atomic E-state index is 12.4. The average molecular weight is 292 g/mol.